The van der Waals surface area contributed by atoms with Crippen LogP contribution in [0, 0.1) is 5.92 Å². The van der Waals surface area contributed by atoms with Gasteiger partial charge in [-0.25, -0.2) is 8.42 Å². The average molecular weight is 296 g/mol. The largest absolute Gasteiger partial charge is 0.310 e. The maximum Gasteiger partial charge on any atom is 0.232 e. The van der Waals surface area contributed by atoms with Crippen LogP contribution in [0.15, 0.2) is 24.3 Å². The second kappa shape index (κ2) is 6.59. The molecular weight excluding hydrogens is 272 g/mol. The predicted octanol–water partition coefficient (Wildman–Crippen LogP) is 2.73. The van der Waals surface area contributed by atoms with Gasteiger partial charge in [0.2, 0.25) is 10.0 Å². The van der Waals surface area contributed by atoms with Crippen molar-refractivity contribution in [2.24, 2.45) is 5.92 Å². The zero-order chi connectivity index (χ0) is 14.6. The maximum absolute atomic E-state index is 11.9. The smallest absolute Gasteiger partial charge is 0.232 e. The van der Waals surface area contributed by atoms with Crippen molar-refractivity contribution < 1.29 is 8.42 Å². The van der Waals surface area contributed by atoms with E-state index in [0.717, 1.165) is 6.54 Å². The van der Waals surface area contributed by atoms with Gasteiger partial charge in [-0.05, 0) is 42.9 Å². The van der Waals surface area contributed by atoms with Crippen LogP contribution in [0.3, 0.4) is 0 Å². The summed E-state index contributed by atoms with van der Waals surface area (Å²) in [5.74, 6) is 0.567. The van der Waals surface area contributed by atoms with E-state index in [-0.39, 0.29) is 5.75 Å². The highest BCUT2D eigenvalue weighted by Crippen LogP contribution is 2.19. The second-order valence-electron chi connectivity index (χ2n) is 5.96. The van der Waals surface area contributed by atoms with Crippen LogP contribution in [0.4, 0.5) is 5.69 Å². The van der Waals surface area contributed by atoms with Gasteiger partial charge in [-0.1, -0.05) is 26.0 Å². The first-order chi connectivity index (χ1) is 9.44. The summed E-state index contributed by atoms with van der Waals surface area (Å²) in [4.78, 5) is 0. The van der Waals surface area contributed by atoms with Gasteiger partial charge < -0.3 is 5.32 Å². The van der Waals surface area contributed by atoms with E-state index in [1.165, 1.54) is 18.4 Å². The third-order valence-electron chi connectivity index (χ3n) is 3.36. The Labute approximate surface area is 122 Å². The van der Waals surface area contributed by atoms with Crippen molar-refractivity contribution in [3.05, 3.63) is 29.8 Å². The minimum Gasteiger partial charge on any atom is -0.310 e. The number of anilines is 1. The van der Waals surface area contributed by atoms with Gasteiger partial charge >= 0.3 is 0 Å². The van der Waals surface area contributed by atoms with Crippen LogP contribution in [-0.2, 0) is 16.6 Å². The minimum atomic E-state index is -3.22. The fraction of sp³-hybridized carbons (Fsp3) is 0.600. The molecule has 5 heteroatoms. The molecule has 0 atom stereocenters. The van der Waals surface area contributed by atoms with Gasteiger partial charge in [-0.3, -0.25) is 4.72 Å². The molecule has 0 aromatic heterocycles. The average Bonchev–Trinajstić information content (AvgIpc) is 3.19. The van der Waals surface area contributed by atoms with Crippen LogP contribution in [0.25, 0.3) is 0 Å². The lowest BCUT2D eigenvalue weighted by atomic mass is 10.2. The summed E-state index contributed by atoms with van der Waals surface area (Å²) in [5, 5.41) is 3.43. The van der Waals surface area contributed by atoms with Gasteiger partial charge in [-0.15, -0.1) is 0 Å². The van der Waals surface area contributed by atoms with Gasteiger partial charge in [0.25, 0.3) is 0 Å². The van der Waals surface area contributed by atoms with Crippen LogP contribution in [0.2, 0.25) is 0 Å². The Morgan fingerprint density at radius 1 is 1.20 bits per heavy atom. The fourth-order valence-corrected chi connectivity index (χ4v) is 3.24. The van der Waals surface area contributed by atoms with Crippen LogP contribution in [0.1, 0.15) is 38.7 Å². The Morgan fingerprint density at radius 3 is 2.40 bits per heavy atom. The molecule has 0 spiro atoms. The van der Waals surface area contributed by atoms with Crippen molar-refractivity contribution in [3.63, 3.8) is 0 Å². The van der Waals surface area contributed by atoms with Gasteiger partial charge in [0.05, 0.1) is 5.75 Å². The summed E-state index contributed by atoms with van der Waals surface area (Å²) in [5.41, 5.74) is 1.82. The van der Waals surface area contributed by atoms with Crippen molar-refractivity contribution in [1.29, 1.82) is 0 Å². The Balaban J connectivity index is 1.85. The molecule has 0 bridgehead atoms. The highest BCUT2D eigenvalue weighted by molar-refractivity contribution is 7.92. The Bertz CT molecular complexity index is 519. The topological polar surface area (TPSA) is 58.2 Å². The van der Waals surface area contributed by atoms with Gasteiger partial charge in [0.1, 0.15) is 0 Å². The summed E-state index contributed by atoms with van der Waals surface area (Å²) in [7, 11) is -3.22. The lowest BCUT2D eigenvalue weighted by Crippen LogP contribution is -2.18. The van der Waals surface area contributed by atoms with Gasteiger partial charge in [0, 0.05) is 18.3 Å². The van der Waals surface area contributed by atoms with E-state index >= 15 is 0 Å². The molecule has 0 amide bonds. The zero-order valence-corrected chi connectivity index (χ0v) is 13.0. The number of hydrogen-bond donors (Lipinski definition) is 2. The minimum absolute atomic E-state index is 0.176. The highest BCUT2D eigenvalue weighted by atomic mass is 32.2. The lowest BCUT2D eigenvalue weighted by Gasteiger charge is -2.10. The summed E-state index contributed by atoms with van der Waals surface area (Å²) >= 11 is 0. The normalized spacial score (nSPS) is 15.6. The Morgan fingerprint density at radius 2 is 1.85 bits per heavy atom. The molecule has 4 nitrogen and oxygen atoms in total. The molecule has 1 aliphatic carbocycles. The summed E-state index contributed by atoms with van der Waals surface area (Å²) in [6.45, 7) is 4.90. The Hall–Kier alpha value is -1.07. The van der Waals surface area contributed by atoms with Crippen LogP contribution in [-0.4, -0.2) is 20.2 Å². The third kappa shape index (κ3) is 5.51. The van der Waals surface area contributed by atoms with Gasteiger partial charge in [0.15, 0.2) is 0 Å². The molecule has 1 fully saturated rings. The number of nitrogens with one attached hydrogen (secondary N) is 2. The summed E-state index contributed by atoms with van der Waals surface area (Å²) in [6.07, 6.45) is 3.22. The van der Waals surface area contributed by atoms with Gasteiger partial charge in [-0.2, -0.15) is 0 Å². The van der Waals surface area contributed by atoms with Crippen molar-refractivity contribution >= 4 is 15.7 Å². The van der Waals surface area contributed by atoms with Crippen LogP contribution >= 0.6 is 0 Å². The molecule has 0 radical (unpaired) electrons. The zero-order valence-electron chi connectivity index (χ0n) is 12.2. The van der Waals surface area contributed by atoms with E-state index in [1.807, 2.05) is 38.1 Å². The third-order valence-corrected chi connectivity index (χ3v) is 4.68. The molecule has 112 valence electrons. The van der Waals surface area contributed by atoms with Crippen LogP contribution < -0.4 is 10.0 Å². The van der Waals surface area contributed by atoms with E-state index in [2.05, 4.69) is 10.0 Å². The molecule has 0 heterocycles. The molecule has 0 unspecified atom stereocenters. The van der Waals surface area contributed by atoms with Crippen molar-refractivity contribution in [2.75, 3.05) is 10.5 Å². The molecule has 0 saturated heterocycles. The lowest BCUT2D eigenvalue weighted by molar-refractivity contribution is 0.578. The van der Waals surface area contributed by atoms with Crippen molar-refractivity contribution in [1.82, 2.24) is 5.32 Å². The maximum atomic E-state index is 11.9. The van der Waals surface area contributed by atoms with Crippen LogP contribution in [0.5, 0.6) is 0 Å². The monoisotopic (exact) mass is 296 g/mol. The molecular formula is C15H24N2O2S. The number of hydrogen-bond acceptors (Lipinski definition) is 3. The van der Waals surface area contributed by atoms with E-state index in [9.17, 15) is 8.42 Å². The standard InChI is InChI=1S/C15H24N2O2S/c1-12(2)9-10-20(18,19)17-15-5-3-13(4-6-15)11-16-14-7-8-14/h3-6,12,14,16-17H,7-11H2,1-2H3. The SMILES string of the molecule is CC(C)CCS(=O)(=O)Nc1ccc(CNC2CC2)cc1. The van der Waals surface area contributed by atoms with E-state index in [1.54, 1.807) is 0 Å². The molecule has 2 N–H and O–H groups in total. The molecule has 20 heavy (non-hydrogen) atoms. The first-order valence-electron chi connectivity index (χ1n) is 7.27. The fourth-order valence-electron chi connectivity index (χ4n) is 1.86. The molecule has 1 aromatic carbocycles. The molecule has 1 saturated carbocycles. The highest BCUT2D eigenvalue weighted by Gasteiger charge is 2.19. The van der Waals surface area contributed by atoms with E-state index in [0.29, 0.717) is 24.1 Å². The quantitative estimate of drug-likeness (QED) is 0.775. The Kier molecular flexibility index (Phi) is 5.05. The summed E-state index contributed by atoms with van der Waals surface area (Å²) < 4.78 is 26.4. The predicted molar refractivity (Wildman–Crippen MR) is 83.2 cm³/mol. The first-order valence-corrected chi connectivity index (χ1v) is 8.92. The molecule has 2 rings (SSSR count). The van der Waals surface area contributed by atoms with Crippen molar-refractivity contribution in [3.8, 4) is 0 Å². The summed E-state index contributed by atoms with van der Waals surface area (Å²) in [6, 6.07) is 8.28. The number of rotatable bonds is 8. The first kappa shape index (κ1) is 15.3. The number of sulfonamides is 1. The second-order valence-corrected chi connectivity index (χ2v) is 7.80. The van der Waals surface area contributed by atoms with E-state index < -0.39 is 10.0 Å². The number of benzene rings is 1. The molecule has 0 aliphatic heterocycles. The van der Waals surface area contributed by atoms with E-state index in [4.69, 9.17) is 0 Å². The van der Waals surface area contributed by atoms with Crippen molar-refractivity contribution in [2.45, 2.75) is 45.7 Å². The molecule has 1 aliphatic rings. The molecule has 1 aromatic rings.